The van der Waals surface area contributed by atoms with E-state index >= 15 is 0 Å². The number of nitrogens with one attached hydrogen (secondary N) is 1. The molecule has 0 radical (unpaired) electrons. The van der Waals surface area contributed by atoms with E-state index in [2.05, 4.69) is 92.0 Å². The third-order valence-electron chi connectivity index (χ3n) is 3.81. The SMILES string of the molecule is CCCNC(c1cccc(I)c1)c1c(C)cc(C)cc1C. The molecule has 1 unspecified atom stereocenters. The first-order chi connectivity index (χ1) is 10.0. The smallest absolute Gasteiger partial charge is 0.0582 e. The van der Waals surface area contributed by atoms with E-state index in [1.165, 1.54) is 31.4 Å². The van der Waals surface area contributed by atoms with Crippen LogP contribution in [0.25, 0.3) is 0 Å². The van der Waals surface area contributed by atoms with Gasteiger partial charge in [-0.2, -0.15) is 0 Å². The molecule has 112 valence electrons. The molecule has 0 saturated heterocycles. The lowest BCUT2D eigenvalue weighted by Crippen LogP contribution is -2.25. The van der Waals surface area contributed by atoms with Crippen LogP contribution in [0.3, 0.4) is 0 Å². The third-order valence-corrected chi connectivity index (χ3v) is 4.48. The van der Waals surface area contributed by atoms with Gasteiger partial charge in [0.25, 0.3) is 0 Å². The fourth-order valence-corrected chi connectivity index (χ4v) is 3.58. The topological polar surface area (TPSA) is 12.0 Å². The zero-order chi connectivity index (χ0) is 15.4. The highest BCUT2D eigenvalue weighted by Crippen LogP contribution is 2.29. The van der Waals surface area contributed by atoms with Gasteiger partial charge < -0.3 is 5.32 Å². The Labute approximate surface area is 142 Å². The highest BCUT2D eigenvalue weighted by molar-refractivity contribution is 14.1. The first-order valence-electron chi connectivity index (χ1n) is 7.59. The van der Waals surface area contributed by atoms with E-state index in [0.717, 1.165) is 13.0 Å². The zero-order valence-corrected chi connectivity index (χ0v) is 15.5. The molecule has 21 heavy (non-hydrogen) atoms. The fourth-order valence-electron chi connectivity index (χ4n) is 3.01. The lowest BCUT2D eigenvalue weighted by molar-refractivity contribution is 0.593. The summed E-state index contributed by atoms with van der Waals surface area (Å²) in [6.45, 7) is 9.87. The molecule has 0 aromatic heterocycles. The zero-order valence-electron chi connectivity index (χ0n) is 13.3. The van der Waals surface area contributed by atoms with Crippen molar-refractivity contribution in [3.05, 3.63) is 67.8 Å². The summed E-state index contributed by atoms with van der Waals surface area (Å²) in [7, 11) is 0. The first-order valence-corrected chi connectivity index (χ1v) is 8.67. The Morgan fingerprint density at radius 1 is 1.05 bits per heavy atom. The Balaban J connectivity index is 2.50. The Kier molecular flexibility index (Phi) is 5.82. The minimum atomic E-state index is 0.278. The van der Waals surface area contributed by atoms with Gasteiger partial charge in [-0.05, 0) is 90.7 Å². The van der Waals surface area contributed by atoms with Crippen LogP contribution < -0.4 is 5.32 Å². The summed E-state index contributed by atoms with van der Waals surface area (Å²) >= 11 is 2.39. The Morgan fingerprint density at radius 3 is 2.29 bits per heavy atom. The van der Waals surface area contributed by atoms with Crippen LogP contribution in [0.5, 0.6) is 0 Å². The molecule has 1 atom stereocenters. The Hall–Kier alpha value is -0.870. The molecule has 1 N–H and O–H groups in total. The minimum absolute atomic E-state index is 0.278. The molecular formula is C19H24IN. The van der Waals surface area contributed by atoms with Crippen LogP contribution in [0.2, 0.25) is 0 Å². The highest BCUT2D eigenvalue weighted by atomic mass is 127. The average Bonchev–Trinajstić information content (AvgIpc) is 2.41. The van der Waals surface area contributed by atoms with Gasteiger partial charge in [0, 0.05) is 3.57 Å². The second-order valence-electron chi connectivity index (χ2n) is 5.75. The quantitative estimate of drug-likeness (QED) is 0.680. The van der Waals surface area contributed by atoms with Gasteiger partial charge in [-0.3, -0.25) is 0 Å². The van der Waals surface area contributed by atoms with E-state index in [0.29, 0.717) is 0 Å². The monoisotopic (exact) mass is 393 g/mol. The molecule has 0 amide bonds. The largest absolute Gasteiger partial charge is 0.306 e. The van der Waals surface area contributed by atoms with Gasteiger partial charge >= 0.3 is 0 Å². The van der Waals surface area contributed by atoms with Crippen molar-refractivity contribution in [2.24, 2.45) is 0 Å². The molecule has 2 rings (SSSR count). The minimum Gasteiger partial charge on any atom is -0.306 e. The molecule has 2 aromatic carbocycles. The maximum Gasteiger partial charge on any atom is 0.0582 e. The molecule has 1 nitrogen and oxygen atoms in total. The highest BCUT2D eigenvalue weighted by Gasteiger charge is 2.18. The molecule has 2 heteroatoms. The summed E-state index contributed by atoms with van der Waals surface area (Å²) in [6.07, 6.45) is 1.14. The maximum absolute atomic E-state index is 3.73. The van der Waals surface area contributed by atoms with Crippen LogP contribution in [0, 0.1) is 24.3 Å². The summed E-state index contributed by atoms with van der Waals surface area (Å²) in [5.41, 5.74) is 6.87. The Bertz CT molecular complexity index is 596. The molecule has 0 aliphatic heterocycles. The molecule has 0 fully saturated rings. The van der Waals surface area contributed by atoms with Gasteiger partial charge in [0.2, 0.25) is 0 Å². The van der Waals surface area contributed by atoms with Gasteiger partial charge in [-0.1, -0.05) is 36.8 Å². The Morgan fingerprint density at radius 2 is 1.71 bits per heavy atom. The standard InChI is InChI=1S/C19H24IN/c1-5-9-21-19(16-7-6-8-17(20)12-16)18-14(3)10-13(2)11-15(18)4/h6-8,10-12,19,21H,5,9H2,1-4H3. The van der Waals surface area contributed by atoms with Crippen molar-refractivity contribution < 1.29 is 0 Å². The summed E-state index contributed by atoms with van der Waals surface area (Å²) in [5, 5.41) is 3.73. The number of rotatable bonds is 5. The van der Waals surface area contributed by atoms with E-state index in [9.17, 15) is 0 Å². The molecular weight excluding hydrogens is 369 g/mol. The van der Waals surface area contributed by atoms with Crippen molar-refractivity contribution in [2.75, 3.05) is 6.54 Å². The normalized spacial score (nSPS) is 12.4. The molecule has 0 spiro atoms. The van der Waals surface area contributed by atoms with Crippen LogP contribution in [0.15, 0.2) is 36.4 Å². The second-order valence-corrected chi connectivity index (χ2v) is 7.00. The lowest BCUT2D eigenvalue weighted by atomic mass is 9.90. The van der Waals surface area contributed by atoms with E-state index < -0.39 is 0 Å². The molecule has 0 saturated carbocycles. The van der Waals surface area contributed by atoms with E-state index in [-0.39, 0.29) is 6.04 Å². The average molecular weight is 393 g/mol. The number of aryl methyl sites for hydroxylation is 3. The van der Waals surface area contributed by atoms with Crippen LogP contribution in [0.1, 0.15) is 47.2 Å². The van der Waals surface area contributed by atoms with Crippen molar-refractivity contribution in [1.82, 2.24) is 5.32 Å². The van der Waals surface area contributed by atoms with E-state index in [1.807, 2.05) is 0 Å². The number of halogens is 1. The van der Waals surface area contributed by atoms with Crippen LogP contribution in [-0.2, 0) is 0 Å². The van der Waals surface area contributed by atoms with Gasteiger partial charge in [0.15, 0.2) is 0 Å². The van der Waals surface area contributed by atoms with Crippen molar-refractivity contribution in [2.45, 2.75) is 40.2 Å². The number of hydrogen-bond acceptors (Lipinski definition) is 1. The number of benzene rings is 2. The van der Waals surface area contributed by atoms with Gasteiger partial charge in [0.1, 0.15) is 0 Å². The van der Waals surface area contributed by atoms with Gasteiger partial charge in [0.05, 0.1) is 6.04 Å². The predicted octanol–water partition coefficient (Wildman–Crippen LogP) is 5.31. The summed E-state index contributed by atoms with van der Waals surface area (Å²) in [6, 6.07) is 13.7. The van der Waals surface area contributed by atoms with Crippen LogP contribution in [-0.4, -0.2) is 6.54 Å². The summed E-state index contributed by atoms with van der Waals surface area (Å²) < 4.78 is 1.29. The first kappa shape index (κ1) is 16.5. The maximum atomic E-state index is 3.73. The molecule has 0 aliphatic rings. The summed E-state index contributed by atoms with van der Waals surface area (Å²) in [5.74, 6) is 0. The molecule has 0 bridgehead atoms. The third kappa shape index (κ3) is 4.07. The fraction of sp³-hybridized carbons (Fsp3) is 0.368. The molecule has 0 aliphatic carbocycles. The lowest BCUT2D eigenvalue weighted by Gasteiger charge is -2.24. The molecule has 2 aromatic rings. The second kappa shape index (κ2) is 7.41. The van der Waals surface area contributed by atoms with Gasteiger partial charge in [-0.25, -0.2) is 0 Å². The number of hydrogen-bond donors (Lipinski definition) is 1. The van der Waals surface area contributed by atoms with Crippen molar-refractivity contribution >= 4 is 22.6 Å². The van der Waals surface area contributed by atoms with E-state index in [1.54, 1.807) is 0 Å². The molecule has 0 heterocycles. The van der Waals surface area contributed by atoms with Crippen molar-refractivity contribution in [3.63, 3.8) is 0 Å². The van der Waals surface area contributed by atoms with Crippen LogP contribution >= 0.6 is 22.6 Å². The van der Waals surface area contributed by atoms with Crippen molar-refractivity contribution in [3.8, 4) is 0 Å². The summed E-state index contributed by atoms with van der Waals surface area (Å²) in [4.78, 5) is 0. The predicted molar refractivity (Wildman–Crippen MR) is 99.9 cm³/mol. The van der Waals surface area contributed by atoms with Crippen molar-refractivity contribution in [1.29, 1.82) is 0 Å². The van der Waals surface area contributed by atoms with Gasteiger partial charge in [-0.15, -0.1) is 0 Å². The van der Waals surface area contributed by atoms with E-state index in [4.69, 9.17) is 0 Å². The van der Waals surface area contributed by atoms with Crippen LogP contribution in [0.4, 0.5) is 0 Å².